The largest absolute Gasteiger partial charge is 0.448 e. The number of ether oxygens (including phenoxy) is 1. The van der Waals surface area contributed by atoms with E-state index in [-0.39, 0.29) is 18.5 Å². The molecule has 1 aliphatic heterocycles. The van der Waals surface area contributed by atoms with Crippen LogP contribution in [0.15, 0.2) is 42.7 Å². The molecule has 1 aromatic carbocycles. The van der Waals surface area contributed by atoms with Crippen LogP contribution >= 0.6 is 0 Å². The summed E-state index contributed by atoms with van der Waals surface area (Å²) in [6.45, 7) is 1.15. The van der Waals surface area contributed by atoms with Crippen molar-refractivity contribution in [3.63, 3.8) is 0 Å². The highest BCUT2D eigenvalue weighted by Crippen LogP contribution is 2.14. The van der Waals surface area contributed by atoms with Gasteiger partial charge >= 0.3 is 6.09 Å². The van der Waals surface area contributed by atoms with Crippen molar-refractivity contribution in [3.8, 4) is 0 Å². The van der Waals surface area contributed by atoms with Crippen molar-refractivity contribution < 1.29 is 14.3 Å². The van der Waals surface area contributed by atoms with Crippen LogP contribution in [0, 0.1) is 0 Å². The van der Waals surface area contributed by atoms with E-state index in [1.54, 1.807) is 12.4 Å². The van der Waals surface area contributed by atoms with Crippen LogP contribution in [-0.4, -0.2) is 51.6 Å². The Bertz CT molecular complexity index is 659. The van der Waals surface area contributed by atoms with Gasteiger partial charge in [0.1, 0.15) is 13.2 Å². The predicted octanol–water partition coefficient (Wildman–Crippen LogP) is 0.588. The minimum absolute atomic E-state index is 0.0191. The number of amides is 2. The van der Waals surface area contributed by atoms with Crippen molar-refractivity contribution >= 4 is 12.0 Å². The molecule has 0 aliphatic carbocycles. The fourth-order valence-electron chi connectivity index (χ4n) is 2.40. The Kier molecular flexibility index (Phi) is 4.51. The van der Waals surface area contributed by atoms with Gasteiger partial charge in [0.25, 0.3) is 0 Å². The zero-order chi connectivity index (χ0) is 16.1. The maximum Gasteiger partial charge on any atom is 0.410 e. The molecule has 1 N–H and O–H groups in total. The van der Waals surface area contributed by atoms with Crippen LogP contribution in [0.4, 0.5) is 4.79 Å². The van der Waals surface area contributed by atoms with Crippen LogP contribution in [0.2, 0.25) is 0 Å². The molecule has 0 spiro atoms. The van der Waals surface area contributed by atoms with Gasteiger partial charge in [-0.1, -0.05) is 30.3 Å². The number of hydrogen-bond donors (Lipinski definition) is 1. The van der Waals surface area contributed by atoms with E-state index in [1.807, 2.05) is 30.3 Å². The Morgan fingerprint density at radius 1 is 1.26 bits per heavy atom. The number of aromatic nitrogens is 3. The van der Waals surface area contributed by atoms with Crippen molar-refractivity contribution in [3.05, 3.63) is 48.3 Å². The van der Waals surface area contributed by atoms with Gasteiger partial charge in [0.2, 0.25) is 5.91 Å². The predicted molar refractivity (Wildman–Crippen MR) is 80.3 cm³/mol. The Balaban J connectivity index is 1.68. The number of nitrogens with one attached hydrogen (secondary N) is 1. The number of benzene rings is 1. The molecular formula is C15H17N5O3. The van der Waals surface area contributed by atoms with Gasteiger partial charge in [-0.05, 0) is 5.56 Å². The lowest BCUT2D eigenvalue weighted by atomic mass is 10.1. The van der Waals surface area contributed by atoms with E-state index in [1.165, 1.54) is 9.70 Å². The van der Waals surface area contributed by atoms with Crippen LogP contribution in [-0.2, 0) is 16.1 Å². The third-order valence-corrected chi connectivity index (χ3v) is 3.53. The highest BCUT2D eigenvalue weighted by molar-refractivity contribution is 5.83. The van der Waals surface area contributed by atoms with Gasteiger partial charge in [0.05, 0.1) is 31.5 Å². The number of cyclic esters (lactones) is 1. The first-order valence-corrected chi connectivity index (χ1v) is 7.32. The SMILES string of the molecule is O=C(CN1CCOC1=O)NC(Cn1nccn1)c1ccccc1. The van der Waals surface area contributed by atoms with E-state index in [0.717, 1.165) is 5.56 Å². The van der Waals surface area contributed by atoms with E-state index in [2.05, 4.69) is 15.5 Å². The highest BCUT2D eigenvalue weighted by atomic mass is 16.6. The average Bonchev–Trinajstić information content (AvgIpc) is 3.20. The summed E-state index contributed by atoms with van der Waals surface area (Å²) in [6, 6.07) is 9.30. The average molecular weight is 315 g/mol. The topological polar surface area (TPSA) is 89.4 Å². The van der Waals surface area contributed by atoms with Crippen LogP contribution in [0.1, 0.15) is 11.6 Å². The van der Waals surface area contributed by atoms with E-state index < -0.39 is 6.09 Å². The molecule has 120 valence electrons. The van der Waals surface area contributed by atoms with Crippen molar-refractivity contribution in [1.29, 1.82) is 0 Å². The molecule has 1 aromatic heterocycles. The second-order valence-corrected chi connectivity index (χ2v) is 5.15. The first-order chi connectivity index (χ1) is 11.2. The lowest BCUT2D eigenvalue weighted by Gasteiger charge is -2.20. The standard InChI is InChI=1S/C15H17N5O3/c21-14(11-19-8-9-23-15(19)22)18-13(10-20-16-6-7-17-20)12-4-2-1-3-5-12/h1-7,13H,8-11H2,(H,18,21). The smallest absolute Gasteiger partial charge is 0.410 e. The van der Waals surface area contributed by atoms with Gasteiger partial charge < -0.3 is 10.1 Å². The van der Waals surface area contributed by atoms with Crippen molar-refractivity contribution in [2.75, 3.05) is 19.7 Å². The molecule has 1 unspecified atom stereocenters. The lowest BCUT2D eigenvalue weighted by Crippen LogP contribution is -2.40. The number of carbonyl (C=O) groups is 2. The second-order valence-electron chi connectivity index (χ2n) is 5.15. The summed E-state index contributed by atoms with van der Waals surface area (Å²) in [5.41, 5.74) is 0.946. The third kappa shape index (κ3) is 3.85. The van der Waals surface area contributed by atoms with Crippen molar-refractivity contribution in [2.24, 2.45) is 0 Å². The Hall–Kier alpha value is -2.90. The summed E-state index contributed by atoms with van der Waals surface area (Å²) in [5.74, 6) is -0.246. The first-order valence-electron chi connectivity index (χ1n) is 7.32. The van der Waals surface area contributed by atoms with Gasteiger partial charge in [0, 0.05) is 0 Å². The molecule has 1 fully saturated rings. The van der Waals surface area contributed by atoms with Crippen LogP contribution < -0.4 is 5.32 Å². The molecule has 0 saturated carbocycles. The molecule has 8 nitrogen and oxygen atoms in total. The van der Waals surface area contributed by atoms with Gasteiger partial charge in [-0.3, -0.25) is 9.69 Å². The maximum absolute atomic E-state index is 12.2. The normalized spacial score (nSPS) is 15.3. The Morgan fingerprint density at radius 3 is 2.65 bits per heavy atom. The molecule has 8 heteroatoms. The quantitative estimate of drug-likeness (QED) is 0.842. The minimum Gasteiger partial charge on any atom is -0.448 e. The zero-order valence-electron chi connectivity index (χ0n) is 12.5. The van der Waals surface area contributed by atoms with Gasteiger partial charge in [-0.15, -0.1) is 0 Å². The summed E-state index contributed by atoms with van der Waals surface area (Å²) in [4.78, 5) is 26.6. The molecule has 2 aromatic rings. The molecule has 1 saturated heterocycles. The summed E-state index contributed by atoms with van der Waals surface area (Å²) < 4.78 is 4.82. The molecule has 2 amide bonds. The molecule has 3 rings (SSSR count). The maximum atomic E-state index is 12.2. The summed E-state index contributed by atoms with van der Waals surface area (Å²) in [5, 5.41) is 11.1. The van der Waals surface area contributed by atoms with Gasteiger partial charge in [-0.25, -0.2) is 4.79 Å². The zero-order valence-corrected chi connectivity index (χ0v) is 12.5. The number of hydrogen-bond acceptors (Lipinski definition) is 5. The second kappa shape index (κ2) is 6.91. The Labute approximate surface area is 133 Å². The number of nitrogens with zero attached hydrogens (tertiary/aromatic N) is 4. The molecule has 1 atom stereocenters. The fourth-order valence-corrected chi connectivity index (χ4v) is 2.40. The molecule has 1 aliphatic rings. The molecule has 23 heavy (non-hydrogen) atoms. The first kappa shape index (κ1) is 15.0. The minimum atomic E-state index is -0.454. The molecule has 2 heterocycles. The monoisotopic (exact) mass is 315 g/mol. The van der Waals surface area contributed by atoms with E-state index in [4.69, 9.17) is 4.74 Å². The highest BCUT2D eigenvalue weighted by Gasteiger charge is 2.25. The molecular weight excluding hydrogens is 298 g/mol. The van der Waals surface area contributed by atoms with Crippen LogP contribution in [0.3, 0.4) is 0 Å². The molecule has 0 bridgehead atoms. The van der Waals surface area contributed by atoms with Gasteiger partial charge in [0.15, 0.2) is 0 Å². The summed E-state index contributed by atoms with van der Waals surface area (Å²) in [6.07, 6.45) is 2.72. The van der Waals surface area contributed by atoms with Crippen molar-refractivity contribution in [2.45, 2.75) is 12.6 Å². The van der Waals surface area contributed by atoms with E-state index in [0.29, 0.717) is 19.7 Å². The summed E-state index contributed by atoms with van der Waals surface area (Å²) in [7, 11) is 0. The number of rotatable bonds is 6. The molecule has 0 radical (unpaired) electrons. The van der Waals surface area contributed by atoms with E-state index in [9.17, 15) is 9.59 Å². The van der Waals surface area contributed by atoms with Crippen LogP contribution in [0.5, 0.6) is 0 Å². The van der Waals surface area contributed by atoms with Gasteiger partial charge in [-0.2, -0.15) is 15.0 Å². The fraction of sp³-hybridized carbons (Fsp3) is 0.333. The van der Waals surface area contributed by atoms with Crippen molar-refractivity contribution in [1.82, 2.24) is 25.2 Å². The summed E-state index contributed by atoms with van der Waals surface area (Å²) >= 11 is 0. The van der Waals surface area contributed by atoms with Crippen LogP contribution in [0.25, 0.3) is 0 Å². The third-order valence-electron chi connectivity index (χ3n) is 3.53. The number of carbonyl (C=O) groups excluding carboxylic acids is 2. The Morgan fingerprint density at radius 2 is 2.00 bits per heavy atom. The lowest BCUT2D eigenvalue weighted by molar-refractivity contribution is -0.122. The van der Waals surface area contributed by atoms with E-state index >= 15 is 0 Å².